The molecule has 1 aromatic heterocycles. The number of nitrogens with zero attached hydrogens (tertiary/aromatic N) is 2. The normalized spacial score (nSPS) is 21.6. The van der Waals surface area contributed by atoms with Gasteiger partial charge in [-0.1, -0.05) is 60.7 Å². The summed E-state index contributed by atoms with van der Waals surface area (Å²) < 4.78 is 0. The zero-order chi connectivity index (χ0) is 24.5. The minimum Gasteiger partial charge on any atom is -0.494 e. The number of hydrogen-bond acceptors (Lipinski definition) is 4. The molecular weight excluding hydrogens is 448 g/mol. The van der Waals surface area contributed by atoms with Gasteiger partial charge < -0.3 is 20.3 Å². The molecule has 0 saturated carbocycles. The van der Waals surface area contributed by atoms with E-state index in [0.29, 0.717) is 23.6 Å². The highest BCUT2D eigenvalue weighted by Crippen LogP contribution is 2.34. The molecule has 4 heterocycles. The smallest absolute Gasteiger partial charge is 0.251 e. The van der Waals surface area contributed by atoms with E-state index in [-0.39, 0.29) is 17.8 Å². The Morgan fingerprint density at radius 2 is 1.69 bits per heavy atom. The molecule has 0 spiro atoms. The molecule has 3 fully saturated rings. The average Bonchev–Trinajstić information content (AvgIpc) is 3.26. The first-order valence-electron chi connectivity index (χ1n) is 12.7. The van der Waals surface area contributed by atoms with E-state index in [4.69, 9.17) is 4.99 Å². The lowest BCUT2D eigenvalue weighted by molar-refractivity contribution is 0.0907. The molecule has 7 rings (SSSR count). The Labute approximate surface area is 210 Å². The van der Waals surface area contributed by atoms with E-state index in [2.05, 4.69) is 15.2 Å². The summed E-state index contributed by atoms with van der Waals surface area (Å²) in [7, 11) is 0. The first-order valence-corrected chi connectivity index (χ1v) is 12.7. The van der Waals surface area contributed by atoms with Gasteiger partial charge in [-0.25, -0.2) is 0 Å². The van der Waals surface area contributed by atoms with Crippen LogP contribution in [0.25, 0.3) is 10.9 Å². The van der Waals surface area contributed by atoms with Gasteiger partial charge in [-0.05, 0) is 55.6 Å². The van der Waals surface area contributed by atoms with Crippen LogP contribution in [0.5, 0.6) is 5.88 Å². The molecule has 3 aliphatic heterocycles. The summed E-state index contributed by atoms with van der Waals surface area (Å²) in [6.45, 7) is 3.71. The summed E-state index contributed by atoms with van der Waals surface area (Å²) in [6, 6.07) is 25.6. The van der Waals surface area contributed by atoms with Gasteiger partial charge in [0.05, 0.1) is 17.3 Å². The van der Waals surface area contributed by atoms with Crippen LogP contribution in [-0.4, -0.2) is 52.3 Å². The predicted octanol–water partition coefficient (Wildman–Crippen LogP) is 4.74. The van der Waals surface area contributed by atoms with Crippen LogP contribution in [0.15, 0.2) is 83.9 Å². The number of amides is 1. The highest BCUT2D eigenvalue weighted by atomic mass is 16.3. The summed E-state index contributed by atoms with van der Waals surface area (Å²) in [5.74, 6) is 0.499. The van der Waals surface area contributed by atoms with E-state index in [1.165, 1.54) is 12.8 Å². The number of piperidine rings is 3. The molecule has 2 bridgehead atoms. The Morgan fingerprint density at radius 3 is 2.39 bits per heavy atom. The maximum atomic E-state index is 13.0. The van der Waals surface area contributed by atoms with Crippen LogP contribution in [0, 0.1) is 5.92 Å². The lowest BCUT2D eigenvalue weighted by Gasteiger charge is -2.43. The fourth-order valence-electron chi connectivity index (χ4n) is 5.56. The van der Waals surface area contributed by atoms with Crippen LogP contribution in [0.4, 0.5) is 0 Å². The Kier molecular flexibility index (Phi) is 6.03. The van der Waals surface area contributed by atoms with Crippen molar-refractivity contribution in [3.8, 4) is 5.88 Å². The first-order chi connectivity index (χ1) is 17.7. The number of hydrogen-bond donors (Lipinski definition) is 3. The molecule has 182 valence electrons. The molecule has 1 atom stereocenters. The first kappa shape index (κ1) is 22.6. The van der Waals surface area contributed by atoms with Crippen LogP contribution in [0.2, 0.25) is 0 Å². The summed E-state index contributed by atoms with van der Waals surface area (Å²) >= 11 is 0. The van der Waals surface area contributed by atoms with Gasteiger partial charge >= 0.3 is 0 Å². The van der Waals surface area contributed by atoms with E-state index in [0.717, 1.165) is 47.4 Å². The van der Waals surface area contributed by atoms with Gasteiger partial charge in [0.25, 0.3) is 5.91 Å². The van der Waals surface area contributed by atoms with E-state index in [1.807, 2.05) is 72.8 Å². The number of H-pyrrole nitrogens is 1. The molecule has 3 saturated heterocycles. The van der Waals surface area contributed by atoms with Gasteiger partial charge in [0.15, 0.2) is 5.88 Å². The van der Waals surface area contributed by atoms with Gasteiger partial charge in [0.1, 0.15) is 0 Å². The zero-order valence-corrected chi connectivity index (χ0v) is 20.2. The molecule has 0 unspecified atom stereocenters. The highest BCUT2D eigenvalue weighted by molar-refractivity contribution is 6.21. The molecule has 6 heteroatoms. The van der Waals surface area contributed by atoms with E-state index in [9.17, 15) is 9.90 Å². The van der Waals surface area contributed by atoms with Crippen molar-refractivity contribution in [1.29, 1.82) is 0 Å². The van der Waals surface area contributed by atoms with Gasteiger partial charge in [0.2, 0.25) is 0 Å². The lowest BCUT2D eigenvalue weighted by Crippen LogP contribution is -2.49. The number of nitrogens with one attached hydrogen (secondary N) is 2. The summed E-state index contributed by atoms with van der Waals surface area (Å²) in [5.41, 5.74) is 4.77. The third-order valence-electron chi connectivity index (χ3n) is 7.54. The molecular formula is C30H30N4O2. The molecule has 3 aliphatic rings. The summed E-state index contributed by atoms with van der Waals surface area (Å²) in [4.78, 5) is 23.9. The number of fused-ring (bicyclic) bond motifs is 4. The van der Waals surface area contributed by atoms with Gasteiger partial charge in [-0.15, -0.1) is 0 Å². The monoisotopic (exact) mass is 478 g/mol. The van der Waals surface area contributed by atoms with Crippen molar-refractivity contribution >= 4 is 22.5 Å². The Hall–Kier alpha value is -3.90. The number of rotatable bonds is 6. The van der Waals surface area contributed by atoms with Crippen molar-refractivity contribution in [3.05, 3.63) is 101 Å². The minimum atomic E-state index is -0.150. The van der Waals surface area contributed by atoms with Gasteiger partial charge in [0, 0.05) is 35.1 Å². The molecule has 6 nitrogen and oxygen atoms in total. The van der Waals surface area contributed by atoms with E-state index < -0.39 is 0 Å². The molecule has 0 radical (unpaired) electrons. The maximum Gasteiger partial charge on any atom is 0.251 e. The van der Waals surface area contributed by atoms with Crippen molar-refractivity contribution in [3.63, 3.8) is 0 Å². The molecule has 36 heavy (non-hydrogen) atoms. The van der Waals surface area contributed by atoms with Crippen molar-refractivity contribution in [2.75, 3.05) is 19.6 Å². The Morgan fingerprint density at radius 1 is 0.972 bits per heavy atom. The van der Waals surface area contributed by atoms with Gasteiger partial charge in [-0.3, -0.25) is 9.79 Å². The minimum absolute atomic E-state index is 0.0794. The van der Waals surface area contributed by atoms with Crippen LogP contribution < -0.4 is 5.32 Å². The second kappa shape index (κ2) is 9.63. The van der Waals surface area contributed by atoms with E-state index in [1.54, 1.807) is 6.07 Å². The van der Waals surface area contributed by atoms with Crippen LogP contribution in [-0.2, 0) is 6.54 Å². The average molecular weight is 479 g/mol. The SMILES string of the molecule is O=C(NCc1ccccc1)c1ccc2[nH]c(O)c(C(=N[C@H]3CN4CCC3CC4)c3ccccc3)c2c1. The van der Waals surface area contributed by atoms with Crippen molar-refractivity contribution in [1.82, 2.24) is 15.2 Å². The molecule has 4 aromatic rings. The fourth-order valence-corrected chi connectivity index (χ4v) is 5.56. The summed E-state index contributed by atoms with van der Waals surface area (Å²) in [5, 5.41) is 14.9. The lowest BCUT2D eigenvalue weighted by atomic mass is 9.84. The van der Waals surface area contributed by atoms with Crippen LogP contribution >= 0.6 is 0 Å². The Balaban J connectivity index is 1.38. The number of benzene rings is 3. The molecule has 3 N–H and O–H groups in total. The second-order valence-corrected chi connectivity index (χ2v) is 9.83. The summed E-state index contributed by atoms with van der Waals surface area (Å²) in [6.07, 6.45) is 2.34. The third-order valence-corrected chi connectivity index (χ3v) is 7.54. The third kappa shape index (κ3) is 4.40. The van der Waals surface area contributed by atoms with Gasteiger partial charge in [-0.2, -0.15) is 0 Å². The molecule has 1 amide bonds. The van der Waals surface area contributed by atoms with Crippen LogP contribution in [0.3, 0.4) is 0 Å². The maximum absolute atomic E-state index is 13.0. The number of aromatic nitrogens is 1. The topological polar surface area (TPSA) is 80.7 Å². The number of carbonyl (C=O) groups excluding carboxylic acids is 1. The number of aromatic amines is 1. The van der Waals surface area contributed by atoms with Crippen LogP contribution in [0.1, 0.15) is 39.9 Å². The number of carbonyl (C=O) groups is 1. The zero-order valence-electron chi connectivity index (χ0n) is 20.2. The fraction of sp³-hybridized carbons (Fsp3) is 0.267. The largest absolute Gasteiger partial charge is 0.494 e. The van der Waals surface area contributed by atoms with Crippen molar-refractivity contribution in [2.24, 2.45) is 10.9 Å². The number of aromatic hydroxyl groups is 1. The van der Waals surface area contributed by atoms with E-state index >= 15 is 0 Å². The predicted molar refractivity (Wildman–Crippen MR) is 143 cm³/mol. The molecule has 3 aromatic carbocycles. The quantitative estimate of drug-likeness (QED) is 0.350. The molecule has 0 aliphatic carbocycles. The number of aliphatic imine (C=N–C) groups is 1. The van der Waals surface area contributed by atoms with Crippen molar-refractivity contribution < 1.29 is 9.90 Å². The standard InChI is InChI=1S/C30H30N4O2/c35-29(31-18-20-7-3-1-4-8-20)23-11-12-25-24(17-23)27(30(36)33-25)28(22-9-5-2-6-10-22)32-26-19-34-15-13-21(26)14-16-34/h1-12,17,21,26,33,36H,13-16,18-19H2,(H,31,35)/t26-/m0/s1. The Bertz CT molecular complexity index is 1400. The highest BCUT2D eigenvalue weighted by Gasteiger charge is 2.34. The second-order valence-electron chi connectivity index (χ2n) is 9.83. The van der Waals surface area contributed by atoms with Crippen molar-refractivity contribution in [2.45, 2.75) is 25.4 Å².